The number of benzene rings is 1. The van der Waals surface area contributed by atoms with E-state index in [0.29, 0.717) is 18.1 Å². The first-order valence-corrected chi connectivity index (χ1v) is 6.88. The molecule has 0 spiro atoms. The predicted molar refractivity (Wildman–Crippen MR) is 80.3 cm³/mol. The first-order chi connectivity index (χ1) is 9.65. The Kier molecular flexibility index (Phi) is 6.87. The van der Waals surface area contributed by atoms with Crippen molar-refractivity contribution in [1.82, 2.24) is 4.90 Å². The summed E-state index contributed by atoms with van der Waals surface area (Å²) in [5, 5.41) is 12.2. The molecular formula is C15H24N2O3. The molecular weight excluding hydrogens is 256 g/mol. The van der Waals surface area contributed by atoms with Crippen LogP contribution in [-0.4, -0.2) is 49.2 Å². The van der Waals surface area contributed by atoms with Crippen LogP contribution in [-0.2, 0) is 0 Å². The molecule has 5 heteroatoms. The van der Waals surface area contributed by atoms with Gasteiger partial charge in [0.25, 0.3) is 0 Å². The molecule has 0 aliphatic rings. The lowest BCUT2D eigenvalue weighted by atomic mass is 10.1. The van der Waals surface area contributed by atoms with Gasteiger partial charge >= 0.3 is 0 Å². The number of oxime groups is 1. The van der Waals surface area contributed by atoms with E-state index in [1.807, 2.05) is 18.2 Å². The van der Waals surface area contributed by atoms with Gasteiger partial charge in [0.05, 0.1) is 12.8 Å². The fraction of sp³-hybridized carbons (Fsp3) is 0.533. The molecule has 0 aliphatic heterocycles. The zero-order valence-corrected chi connectivity index (χ0v) is 12.7. The predicted octanol–water partition coefficient (Wildman–Crippen LogP) is 2.61. The van der Waals surface area contributed by atoms with E-state index in [-0.39, 0.29) is 0 Å². The number of rotatable bonds is 8. The number of hydrogen-bond acceptors (Lipinski definition) is 5. The molecule has 0 amide bonds. The standard InChI is InChI=1S/C15H24N2O3/c1-5-17(6-2)9-10-20-15-11-13(19-4)7-8-14(15)12(3)16-18/h7-8,11,18H,5-6,9-10H2,1-4H3/b16-12+. The van der Waals surface area contributed by atoms with Gasteiger partial charge in [0.2, 0.25) is 0 Å². The van der Waals surface area contributed by atoms with Crippen molar-refractivity contribution in [2.45, 2.75) is 20.8 Å². The van der Waals surface area contributed by atoms with Gasteiger partial charge in [-0.15, -0.1) is 0 Å². The van der Waals surface area contributed by atoms with Crippen LogP contribution in [0.3, 0.4) is 0 Å². The van der Waals surface area contributed by atoms with E-state index in [0.717, 1.165) is 30.9 Å². The van der Waals surface area contributed by atoms with E-state index in [2.05, 4.69) is 23.9 Å². The highest BCUT2D eigenvalue weighted by Crippen LogP contribution is 2.25. The van der Waals surface area contributed by atoms with Crippen LogP contribution in [0.5, 0.6) is 11.5 Å². The van der Waals surface area contributed by atoms with Crippen LogP contribution in [0.4, 0.5) is 0 Å². The molecule has 0 fully saturated rings. The molecule has 5 nitrogen and oxygen atoms in total. The molecule has 1 rings (SSSR count). The van der Waals surface area contributed by atoms with Crippen molar-refractivity contribution in [3.8, 4) is 11.5 Å². The molecule has 0 unspecified atom stereocenters. The third kappa shape index (κ3) is 4.42. The van der Waals surface area contributed by atoms with Crippen molar-refractivity contribution in [2.75, 3.05) is 33.4 Å². The zero-order chi connectivity index (χ0) is 15.0. The molecule has 1 aromatic carbocycles. The first kappa shape index (κ1) is 16.3. The summed E-state index contributed by atoms with van der Waals surface area (Å²) in [5.74, 6) is 1.39. The summed E-state index contributed by atoms with van der Waals surface area (Å²) >= 11 is 0. The van der Waals surface area contributed by atoms with E-state index >= 15 is 0 Å². The highest BCUT2D eigenvalue weighted by molar-refractivity contribution is 6.00. The monoisotopic (exact) mass is 280 g/mol. The Balaban J connectivity index is 2.80. The Labute approximate surface area is 120 Å². The summed E-state index contributed by atoms with van der Waals surface area (Å²) in [5.41, 5.74) is 1.29. The Morgan fingerprint density at radius 2 is 2.00 bits per heavy atom. The van der Waals surface area contributed by atoms with Crippen LogP contribution in [0.1, 0.15) is 26.3 Å². The Bertz CT molecular complexity index is 443. The minimum Gasteiger partial charge on any atom is -0.497 e. The third-order valence-corrected chi connectivity index (χ3v) is 3.29. The molecule has 1 aromatic rings. The molecule has 0 heterocycles. The Morgan fingerprint density at radius 1 is 1.30 bits per heavy atom. The number of hydrogen-bond donors (Lipinski definition) is 1. The average molecular weight is 280 g/mol. The fourth-order valence-corrected chi connectivity index (χ4v) is 1.93. The highest BCUT2D eigenvalue weighted by atomic mass is 16.5. The van der Waals surface area contributed by atoms with E-state index in [1.54, 1.807) is 14.0 Å². The summed E-state index contributed by atoms with van der Waals surface area (Å²) in [4.78, 5) is 2.28. The van der Waals surface area contributed by atoms with E-state index in [4.69, 9.17) is 14.7 Å². The second-order valence-corrected chi connectivity index (χ2v) is 4.42. The van der Waals surface area contributed by atoms with Crippen LogP contribution in [0.15, 0.2) is 23.4 Å². The first-order valence-electron chi connectivity index (χ1n) is 6.88. The fourth-order valence-electron chi connectivity index (χ4n) is 1.93. The van der Waals surface area contributed by atoms with Crippen molar-refractivity contribution in [3.63, 3.8) is 0 Å². The highest BCUT2D eigenvalue weighted by Gasteiger charge is 2.10. The minimum atomic E-state index is 0.519. The molecule has 0 atom stereocenters. The van der Waals surface area contributed by atoms with Crippen LogP contribution in [0, 0.1) is 0 Å². The van der Waals surface area contributed by atoms with Gasteiger partial charge in [-0.1, -0.05) is 19.0 Å². The van der Waals surface area contributed by atoms with Crippen LogP contribution in [0.25, 0.3) is 0 Å². The smallest absolute Gasteiger partial charge is 0.132 e. The van der Waals surface area contributed by atoms with Gasteiger partial charge < -0.3 is 19.6 Å². The van der Waals surface area contributed by atoms with Gasteiger partial charge in [-0.3, -0.25) is 0 Å². The normalized spacial score (nSPS) is 11.8. The van der Waals surface area contributed by atoms with Crippen molar-refractivity contribution in [2.24, 2.45) is 5.16 Å². The van der Waals surface area contributed by atoms with E-state index < -0.39 is 0 Å². The Morgan fingerprint density at radius 3 is 2.55 bits per heavy atom. The molecule has 0 saturated carbocycles. The van der Waals surface area contributed by atoms with E-state index in [9.17, 15) is 0 Å². The van der Waals surface area contributed by atoms with Gasteiger partial charge in [-0.25, -0.2) is 0 Å². The molecule has 20 heavy (non-hydrogen) atoms. The summed E-state index contributed by atoms with van der Waals surface area (Å²) in [6, 6.07) is 5.47. The number of likely N-dealkylation sites (N-methyl/N-ethyl adjacent to an activating group) is 1. The van der Waals surface area contributed by atoms with Crippen molar-refractivity contribution in [1.29, 1.82) is 0 Å². The van der Waals surface area contributed by atoms with E-state index in [1.165, 1.54) is 0 Å². The second-order valence-electron chi connectivity index (χ2n) is 4.42. The second kappa shape index (κ2) is 8.43. The summed E-state index contributed by atoms with van der Waals surface area (Å²) in [7, 11) is 1.61. The van der Waals surface area contributed by atoms with Crippen molar-refractivity contribution >= 4 is 5.71 Å². The molecule has 0 bridgehead atoms. The summed E-state index contributed by atoms with van der Waals surface area (Å²) in [6.07, 6.45) is 0. The number of nitrogens with zero attached hydrogens (tertiary/aromatic N) is 2. The topological polar surface area (TPSA) is 54.3 Å². The minimum absolute atomic E-state index is 0.519. The molecule has 0 aromatic heterocycles. The van der Waals surface area contributed by atoms with Gasteiger partial charge in [0.15, 0.2) is 0 Å². The van der Waals surface area contributed by atoms with Gasteiger partial charge in [-0.2, -0.15) is 0 Å². The molecule has 0 aliphatic carbocycles. The maximum Gasteiger partial charge on any atom is 0.132 e. The zero-order valence-electron chi connectivity index (χ0n) is 12.7. The Hall–Kier alpha value is -1.75. The van der Waals surface area contributed by atoms with Crippen molar-refractivity contribution < 1.29 is 14.7 Å². The lowest BCUT2D eigenvalue weighted by Crippen LogP contribution is -2.28. The quantitative estimate of drug-likeness (QED) is 0.452. The molecule has 0 saturated heterocycles. The average Bonchev–Trinajstić information content (AvgIpc) is 2.50. The van der Waals surface area contributed by atoms with Crippen LogP contribution < -0.4 is 9.47 Å². The number of methoxy groups -OCH3 is 1. The summed E-state index contributed by atoms with van der Waals surface area (Å²) in [6.45, 7) is 9.44. The van der Waals surface area contributed by atoms with Gasteiger partial charge in [0.1, 0.15) is 18.1 Å². The molecule has 1 N–H and O–H groups in total. The number of ether oxygens (including phenoxy) is 2. The largest absolute Gasteiger partial charge is 0.497 e. The third-order valence-electron chi connectivity index (χ3n) is 3.29. The molecule has 112 valence electrons. The SMILES string of the molecule is CCN(CC)CCOc1cc(OC)ccc1/C(C)=N/O. The maximum atomic E-state index is 8.92. The summed E-state index contributed by atoms with van der Waals surface area (Å²) < 4.78 is 11.0. The van der Waals surface area contributed by atoms with Gasteiger partial charge in [-0.05, 0) is 32.1 Å². The lowest BCUT2D eigenvalue weighted by molar-refractivity contribution is 0.222. The van der Waals surface area contributed by atoms with Crippen LogP contribution in [0.2, 0.25) is 0 Å². The van der Waals surface area contributed by atoms with Crippen LogP contribution >= 0.6 is 0 Å². The van der Waals surface area contributed by atoms with Crippen molar-refractivity contribution in [3.05, 3.63) is 23.8 Å². The maximum absolute atomic E-state index is 8.92. The molecule has 0 radical (unpaired) electrons. The lowest BCUT2D eigenvalue weighted by Gasteiger charge is -2.19. The van der Waals surface area contributed by atoms with Gasteiger partial charge in [0, 0.05) is 18.2 Å².